The number of aryl methyl sites for hydroxylation is 1. The molecule has 31 heavy (non-hydrogen) atoms. The molecular weight excluding hydrogens is 418 g/mol. The first-order chi connectivity index (χ1) is 14.9. The highest BCUT2D eigenvalue weighted by Gasteiger charge is 2.22. The number of methoxy groups -OCH3 is 2. The minimum Gasteiger partial charge on any atom is -0.497 e. The summed E-state index contributed by atoms with van der Waals surface area (Å²) in [5, 5.41) is 0.714. The lowest BCUT2D eigenvalue weighted by atomic mass is 10.1. The number of hydrogen-bond donors (Lipinski definition) is 0. The molecule has 0 saturated carbocycles. The van der Waals surface area contributed by atoms with E-state index in [-0.39, 0.29) is 17.3 Å². The van der Waals surface area contributed by atoms with Gasteiger partial charge in [-0.25, -0.2) is 12.4 Å². The van der Waals surface area contributed by atoms with Crippen molar-refractivity contribution in [1.29, 1.82) is 0 Å². The van der Waals surface area contributed by atoms with Crippen molar-refractivity contribution in [3.05, 3.63) is 54.2 Å². The minimum absolute atomic E-state index is 0.149. The van der Waals surface area contributed by atoms with Gasteiger partial charge in [-0.1, -0.05) is 13.3 Å². The Labute approximate surface area is 182 Å². The number of nitrogens with zero attached hydrogens (tertiary/aromatic N) is 1. The average molecular weight is 446 g/mol. The van der Waals surface area contributed by atoms with Crippen LogP contribution in [0.3, 0.4) is 0 Å². The minimum atomic E-state index is -3.85. The van der Waals surface area contributed by atoms with E-state index in [0.29, 0.717) is 35.4 Å². The van der Waals surface area contributed by atoms with Crippen molar-refractivity contribution in [3.8, 4) is 11.5 Å². The number of carbonyl (C=O) groups is 1. The topological polar surface area (TPSA) is 83.8 Å². The fourth-order valence-electron chi connectivity index (χ4n) is 3.26. The van der Waals surface area contributed by atoms with Crippen LogP contribution >= 0.6 is 0 Å². The summed E-state index contributed by atoms with van der Waals surface area (Å²) < 4.78 is 43.6. The lowest BCUT2D eigenvalue weighted by Gasteiger charge is -2.10. The molecule has 3 aromatic rings. The van der Waals surface area contributed by atoms with Gasteiger partial charge in [0.1, 0.15) is 11.5 Å². The SMILES string of the molecule is CCCCOc1ccc(S(=O)(=O)n2cc(CCC(=O)OC)c3cc(OC)ccc32)cc1. The third-order valence-electron chi connectivity index (χ3n) is 5.03. The van der Waals surface area contributed by atoms with E-state index in [4.69, 9.17) is 14.2 Å². The molecule has 3 rings (SSSR count). The molecule has 0 fully saturated rings. The molecular formula is C23H27NO6S. The van der Waals surface area contributed by atoms with Crippen molar-refractivity contribution in [3.63, 3.8) is 0 Å². The fourth-order valence-corrected chi connectivity index (χ4v) is 4.66. The van der Waals surface area contributed by atoms with Gasteiger partial charge in [-0.2, -0.15) is 0 Å². The summed E-state index contributed by atoms with van der Waals surface area (Å²) in [5.41, 5.74) is 1.24. The largest absolute Gasteiger partial charge is 0.497 e. The first kappa shape index (κ1) is 22.7. The van der Waals surface area contributed by atoms with Gasteiger partial charge in [0.25, 0.3) is 10.0 Å². The zero-order valence-corrected chi connectivity index (χ0v) is 18.8. The third-order valence-corrected chi connectivity index (χ3v) is 6.72. The molecule has 0 unspecified atom stereocenters. The molecule has 1 heterocycles. The predicted molar refractivity (Wildman–Crippen MR) is 118 cm³/mol. The molecule has 0 amide bonds. The van der Waals surface area contributed by atoms with Crippen LogP contribution in [0.5, 0.6) is 11.5 Å². The molecule has 8 heteroatoms. The lowest BCUT2D eigenvalue weighted by Crippen LogP contribution is -2.12. The van der Waals surface area contributed by atoms with Crippen LogP contribution in [0.4, 0.5) is 0 Å². The molecule has 0 aliphatic rings. The van der Waals surface area contributed by atoms with E-state index in [1.54, 1.807) is 55.8 Å². The molecule has 0 radical (unpaired) electrons. The number of carbonyl (C=O) groups excluding carboxylic acids is 1. The van der Waals surface area contributed by atoms with E-state index in [2.05, 4.69) is 6.92 Å². The summed E-state index contributed by atoms with van der Waals surface area (Å²) in [6.07, 6.45) is 4.03. The van der Waals surface area contributed by atoms with Crippen molar-refractivity contribution in [2.45, 2.75) is 37.5 Å². The Morgan fingerprint density at radius 3 is 2.39 bits per heavy atom. The first-order valence-corrected chi connectivity index (χ1v) is 11.6. The van der Waals surface area contributed by atoms with E-state index in [1.165, 1.54) is 11.1 Å². The summed E-state index contributed by atoms with van der Waals surface area (Å²) >= 11 is 0. The third kappa shape index (κ3) is 5.02. The van der Waals surface area contributed by atoms with Crippen LogP contribution in [0.2, 0.25) is 0 Å². The second kappa shape index (κ2) is 9.87. The maximum Gasteiger partial charge on any atom is 0.305 e. The Bertz CT molecular complexity index is 1150. The molecule has 0 aliphatic heterocycles. The van der Waals surface area contributed by atoms with Crippen LogP contribution in [-0.4, -0.2) is 39.2 Å². The summed E-state index contributed by atoms with van der Waals surface area (Å²) in [6.45, 7) is 2.67. The summed E-state index contributed by atoms with van der Waals surface area (Å²) in [4.78, 5) is 11.8. The second-order valence-electron chi connectivity index (χ2n) is 7.09. The van der Waals surface area contributed by atoms with Gasteiger partial charge in [-0.3, -0.25) is 4.79 Å². The summed E-state index contributed by atoms with van der Waals surface area (Å²) in [5.74, 6) is 0.883. The van der Waals surface area contributed by atoms with Crippen LogP contribution in [0, 0.1) is 0 Å². The van der Waals surface area contributed by atoms with E-state index < -0.39 is 10.0 Å². The average Bonchev–Trinajstić information content (AvgIpc) is 3.16. The molecule has 0 bridgehead atoms. The standard InChI is InChI=1S/C23H27NO6S/c1-4-5-14-30-18-7-10-20(11-8-18)31(26,27)24-16-17(6-13-23(25)29-3)21-15-19(28-2)9-12-22(21)24/h7-12,15-16H,4-6,13-14H2,1-3H3. The van der Waals surface area contributed by atoms with Crippen molar-refractivity contribution in [2.24, 2.45) is 0 Å². The molecule has 0 N–H and O–H groups in total. The van der Waals surface area contributed by atoms with Crippen LogP contribution in [0.15, 0.2) is 53.6 Å². The van der Waals surface area contributed by atoms with Gasteiger partial charge in [0, 0.05) is 18.0 Å². The van der Waals surface area contributed by atoms with E-state index in [0.717, 1.165) is 18.4 Å². The highest BCUT2D eigenvalue weighted by molar-refractivity contribution is 7.90. The van der Waals surface area contributed by atoms with Gasteiger partial charge in [0.05, 0.1) is 31.2 Å². The molecule has 0 atom stereocenters. The smallest absolute Gasteiger partial charge is 0.305 e. The lowest BCUT2D eigenvalue weighted by molar-refractivity contribution is -0.140. The Kier molecular flexibility index (Phi) is 7.22. The Hall–Kier alpha value is -3.00. The molecule has 166 valence electrons. The van der Waals surface area contributed by atoms with Gasteiger partial charge < -0.3 is 14.2 Å². The van der Waals surface area contributed by atoms with Crippen molar-refractivity contribution < 1.29 is 27.4 Å². The van der Waals surface area contributed by atoms with Gasteiger partial charge in [0.15, 0.2) is 0 Å². The molecule has 0 spiro atoms. The zero-order chi connectivity index (χ0) is 22.4. The number of aromatic nitrogens is 1. The number of esters is 1. The summed E-state index contributed by atoms with van der Waals surface area (Å²) in [7, 11) is -0.969. The molecule has 0 saturated heterocycles. The second-order valence-corrected chi connectivity index (χ2v) is 8.90. The zero-order valence-electron chi connectivity index (χ0n) is 18.0. The quantitative estimate of drug-likeness (QED) is 0.344. The number of fused-ring (bicyclic) bond motifs is 1. The number of rotatable bonds is 10. The first-order valence-electron chi connectivity index (χ1n) is 10.1. The molecule has 7 nitrogen and oxygen atoms in total. The van der Waals surface area contributed by atoms with Gasteiger partial charge in [-0.05, 0) is 60.9 Å². The van der Waals surface area contributed by atoms with Crippen LogP contribution in [-0.2, 0) is 26.0 Å². The maximum absolute atomic E-state index is 13.4. The highest BCUT2D eigenvalue weighted by atomic mass is 32.2. The summed E-state index contributed by atoms with van der Waals surface area (Å²) in [6, 6.07) is 11.6. The van der Waals surface area contributed by atoms with E-state index in [1.807, 2.05) is 0 Å². The maximum atomic E-state index is 13.4. The van der Waals surface area contributed by atoms with E-state index >= 15 is 0 Å². The molecule has 2 aromatic carbocycles. The van der Waals surface area contributed by atoms with Crippen molar-refractivity contribution in [2.75, 3.05) is 20.8 Å². The number of ether oxygens (including phenoxy) is 3. The number of unbranched alkanes of at least 4 members (excludes halogenated alkanes) is 1. The number of benzene rings is 2. The molecule has 1 aromatic heterocycles. The fraction of sp³-hybridized carbons (Fsp3) is 0.348. The van der Waals surface area contributed by atoms with E-state index in [9.17, 15) is 13.2 Å². The van der Waals surface area contributed by atoms with Gasteiger partial charge in [-0.15, -0.1) is 0 Å². The van der Waals surface area contributed by atoms with Crippen LogP contribution in [0.25, 0.3) is 10.9 Å². The Balaban J connectivity index is 1.99. The van der Waals surface area contributed by atoms with Crippen LogP contribution < -0.4 is 9.47 Å². The molecule has 0 aliphatic carbocycles. The van der Waals surface area contributed by atoms with Gasteiger partial charge >= 0.3 is 5.97 Å². The van der Waals surface area contributed by atoms with Crippen molar-refractivity contribution >= 4 is 26.9 Å². The highest BCUT2D eigenvalue weighted by Crippen LogP contribution is 2.30. The van der Waals surface area contributed by atoms with Crippen LogP contribution in [0.1, 0.15) is 31.7 Å². The monoisotopic (exact) mass is 445 g/mol. The van der Waals surface area contributed by atoms with Crippen molar-refractivity contribution in [1.82, 2.24) is 3.97 Å². The predicted octanol–water partition coefficient (Wildman–Crippen LogP) is 4.17. The Morgan fingerprint density at radius 1 is 1.03 bits per heavy atom. The Morgan fingerprint density at radius 2 is 1.74 bits per heavy atom. The number of hydrogen-bond acceptors (Lipinski definition) is 6. The normalized spacial score (nSPS) is 11.5. The van der Waals surface area contributed by atoms with Gasteiger partial charge in [0.2, 0.25) is 0 Å².